The van der Waals surface area contributed by atoms with Crippen LogP contribution in [0.1, 0.15) is 38.5 Å². The van der Waals surface area contributed by atoms with Gasteiger partial charge in [0.05, 0.1) is 12.5 Å². The molecule has 0 aromatic heterocycles. The number of primary amides is 1. The quantitative estimate of drug-likeness (QED) is 0.0719. The Morgan fingerprint density at radius 1 is 0.818 bits per heavy atom. The van der Waals surface area contributed by atoms with Gasteiger partial charge in [0.25, 0.3) is 0 Å². The van der Waals surface area contributed by atoms with Crippen LogP contribution in [0.2, 0.25) is 0 Å². The number of aliphatic carboxylic acids is 2. The second kappa shape index (κ2) is 15.8. The number of carbonyl (C=O) groups is 6. The van der Waals surface area contributed by atoms with Gasteiger partial charge in [0, 0.05) is 12.2 Å². The Balaban J connectivity index is 5.42. The molecular weight excluding hydrogens is 460 g/mol. The van der Waals surface area contributed by atoms with Crippen molar-refractivity contribution in [2.24, 2.45) is 17.2 Å². The zero-order chi connectivity index (χ0) is 25.6. The Kier molecular flexibility index (Phi) is 14.4. The van der Waals surface area contributed by atoms with Gasteiger partial charge in [0.2, 0.25) is 23.6 Å². The predicted molar refractivity (Wildman–Crippen MR) is 119 cm³/mol. The molecule has 11 N–H and O–H groups in total. The molecule has 14 nitrogen and oxygen atoms in total. The highest BCUT2D eigenvalue weighted by Gasteiger charge is 2.31. The van der Waals surface area contributed by atoms with Crippen molar-refractivity contribution in [3.8, 4) is 0 Å². The zero-order valence-corrected chi connectivity index (χ0v) is 18.9. The molecule has 0 saturated heterocycles. The molecule has 0 aliphatic carbocycles. The van der Waals surface area contributed by atoms with E-state index in [1.54, 1.807) is 0 Å². The monoisotopic (exact) mass is 492 g/mol. The summed E-state index contributed by atoms with van der Waals surface area (Å²) in [5.41, 5.74) is 16.3. The number of hydrogen-bond donors (Lipinski definition) is 9. The van der Waals surface area contributed by atoms with E-state index in [-0.39, 0.29) is 25.0 Å². The lowest BCUT2D eigenvalue weighted by Gasteiger charge is -2.24. The van der Waals surface area contributed by atoms with E-state index in [1.807, 2.05) is 0 Å². The first-order chi connectivity index (χ1) is 15.4. The minimum Gasteiger partial charge on any atom is -0.481 e. The van der Waals surface area contributed by atoms with Crippen LogP contribution in [-0.4, -0.2) is 82.2 Å². The fraction of sp³-hybridized carbons (Fsp3) is 0.667. The van der Waals surface area contributed by atoms with Gasteiger partial charge in [0.15, 0.2) is 0 Å². The molecule has 4 atom stereocenters. The molecular formula is C18H32N6O8S. The van der Waals surface area contributed by atoms with Crippen molar-refractivity contribution in [1.29, 1.82) is 0 Å². The van der Waals surface area contributed by atoms with E-state index in [1.165, 1.54) is 0 Å². The Morgan fingerprint density at radius 2 is 1.36 bits per heavy atom. The number of amides is 4. The zero-order valence-electron chi connectivity index (χ0n) is 18.0. The van der Waals surface area contributed by atoms with E-state index in [2.05, 4.69) is 28.6 Å². The van der Waals surface area contributed by atoms with Crippen LogP contribution in [0.3, 0.4) is 0 Å². The summed E-state index contributed by atoms with van der Waals surface area (Å²) in [5, 5.41) is 24.7. The van der Waals surface area contributed by atoms with Gasteiger partial charge in [-0.25, -0.2) is 4.79 Å². The normalized spacial score (nSPS) is 14.3. The van der Waals surface area contributed by atoms with Crippen LogP contribution < -0.4 is 33.2 Å². The van der Waals surface area contributed by atoms with Crippen LogP contribution in [0.5, 0.6) is 0 Å². The van der Waals surface area contributed by atoms with E-state index in [4.69, 9.17) is 27.4 Å². The SMILES string of the molecule is NCCCCC(N)C(=O)NC(CCC(N)=O)C(=O)NC(CC(=O)O)C(=O)NC(CS)C(=O)O. The fourth-order valence-electron chi connectivity index (χ4n) is 2.59. The van der Waals surface area contributed by atoms with Crippen molar-refractivity contribution in [1.82, 2.24) is 16.0 Å². The summed E-state index contributed by atoms with van der Waals surface area (Å²) in [7, 11) is 0. The van der Waals surface area contributed by atoms with Crippen LogP contribution >= 0.6 is 12.6 Å². The average molecular weight is 493 g/mol. The van der Waals surface area contributed by atoms with Crippen molar-refractivity contribution in [2.45, 2.75) is 62.7 Å². The summed E-state index contributed by atoms with van der Waals surface area (Å²) in [6.07, 6.45) is 0.0980. The number of rotatable bonds is 17. The minimum absolute atomic E-state index is 0.238. The molecule has 0 rings (SSSR count). The smallest absolute Gasteiger partial charge is 0.327 e. The van der Waals surface area contributed by atoms with E-state index < -0.39 is 66.2 Å². The molecule has 188 valence electrons. The second-order valence-electron chi connectivity index (χ2n) is 7.20. The molecule has 4 amide bonds. The van der Waals surface area contributed by atoms with Crippen molar-refractivity contribution in [3.63, 3.8) is 0 Å². The molecule has 4 unspecified atom stereocenters. The number of carbonyl (C=O) groups excluding carboxylic acids is 4. The topological polar surface area (TPSA) is 257 Å². The first kappa shape index (κ1) is 30.1. The molecule has 0 bridgehead atoms. The summed E-state index contributed by atoms with van der Waals surface area (Å²) < 4.78 is 0. The van der Waals surface area contributed by atoms with Crippen LogP contribution in [0.25, 0.3) is 0 Å². The van der Waals surface area contributed by atoms with Gasteiger partial charge < -0.3 is 43.4 Å². The molecule has 15 heteroatoms. The maximum absolute atomic E-state index is 12.7. The summed E-state index contributed by atoms with van der Waals surface area (Å²) in [4.78, 5) is 70.8. The Hall–Kier alpha value is -2.91. The first-order valence-corrected chi connectivity index (χ1v) is 10.8. The Labute approximate surface area is 195 Å². The van der Waals surface area contributed by atoms with Crippen molar-refractivity contribution in [2.75, 3.05) is 12.3 Å². The number of unbranched alkanes of at least 4 members (excludes halogenated alkanes) is 1. The number of carboxylic acids is 2. The molecule has 0 radical (unpaired) electrons. The highest BCUT2D eigenvalue weighted by molar-refractivity contribution is 7.80. The molecule has 0 fully saturated rings. The van der Waals surface area contributed by atoms with Crippen LogP contribution in [0.15, 0.2) is 0 Å². The summed E-state index contributed by atoms with van der Waals surface area (Å²) in [6.45, 7) is 0.418. The van der Waals surface area contributed by atoms with Crippen molar-refractivity contribution >= 4 is 48.2 Å². The molecule has 0 heterocycles. The number of thiol groups is 1. The standard InChI is InChI=1S/C18H32N6O8S/c19-6-2-1-3-9(20)15(28)22-10(4-5-13(21)25)16(29)23-11(7-14(26)27)17(30)24-12(8-33)18(31)32/h9-12,33H,1-8,19-20H2,(H2,21,25)(H,22,28)(H,23,29)(H,24,30)(H,26,27)(H,31,32). The fourth-order valence-corrected chi connectivity index (χ4v) is 2.84. The second-order valence-corrected chi connectivity index (χ2v) is 7.56. The molecule has 0 aliphatic heterocycles. The molecule has 0 saturated carbocycles. The van der Waals surface area contributed by atoms with Crippen molar-refractivity contribution < 1.29 is 39.0 Å². The molecule has 0 aromatic rings. The maximum Gasteiger partial charge on any atom is 0.327 e. The Bertz CT molecular complexity index is 722. The van der Waals surface area contributed by atoms with Crippen LogP contribution in [-0.2, 0) is 28.8 Å². The third kappa shape index (κ3) is 12.6. The van der Waals surface area contributed by atoms with Gasteiger partial charge in [-0.2, -0.15) is 12.6 Å². The van der Waals surface area contributed by atoms with Gasteiger partial charge in [-0.3, -0.25) is 24.0 Å². The van der Waals surface area contributed by atoms with Crippen LogP contribution in [0.4, 0.5) is 0 Å². The highest BCUT2D eigenvalue weighted by atomic mass is 32.1. The minimum atomic E-state index is -1.66. The lowest BCUT2D eigenvalue weighted by atomic mass is 10.1. The maximum atomic E-state index is 12.7. The van der Waals surface area contributed by atoms with Crippen molar-refractivity contribution in [3.05, 3.63) is 0 Å². The number of nitrogens with two attached hydrogens (primary N) is 3. The van der Waals surface area contributed by atoms with E-state index >= 15 is 0 Å². The van der Waals surface area contributed by atoms with E-state index in [0.29, 0.717) is 19.4 Å². The lowest BCUT2D eigenvalue weighted by molar-refractivity contribution is -0.143. The van der Waals surface area contributed by atoms with Gasteiger partial charge in [-0.1, -0.05) is 6.42 Å². The third-order valence-corrected chi connectivity index (χ3v) is 4.79. The first-order valence-electron chi connectivity index (χ1n) is 10.1. The Morgan fingerprint density at radius 3 is 1.85 bits per heavy atom. The molecule has 33 heavy (non-hydrogen) atoms. The predicted octanol–water partition coefficient (Wildman–Crippen LogP) is -3.35. The number of carboxylic acid groups (broad SMARTS) is 2. The van der Waals surface area contributed by atoms with Crippen LogP contribution in [0, 0.1) is 0 Å². The largest absolute Gasteiger partial charge is 0.481 e. The third-order valence-electron chi connectivity index (χ3n) is 4.43. The summed E-state index contributed by atoms with van der Waals surface area (Å²) in [5.74, 6) is -6.65. The number of hydrogen-bond acceptors (Lipinski definition) is 9. The summed E-state index contributed by atoms with van der Waals surface area (Å²) >= 11 is 3.80. The van der Waals surface area contributed by atoms with E-state index in [9.17, 15) is 28.8 Å². The molecule has 0 aliphatic rings. The average Bonchev–Trinajstić information content (AvgIpc) is 2.73. The lowest BCUT2D eigenvalue weighted by Crippen LogP contribution is -2.57. The molecule has 0 spiro atoms. The van der Waals surface area contributed by atoms with E-state index in [0.717, 1.165) is 0 Å². The van der Waals surface area contributed by atoms with Gasteiger partial charge in [0.1, 0.15) is 18.1 Å². The van der Waals surface area contributed by atoms with Gasteiger partial charge >= 0.3 is 11.9 Å². The van der Waals surface area contributed by atoms with Gasteiger partial charge in [-0.05, 0) is 25.8 Å². The number of nitrogens with one attached hydrogen (secondary N) is 3. The highest BCUT2D eigenvalue weighted by Crippen LogP contribution is 2.04. The van der Waals surface area contributed by atoms with Gasteiger partial charge in [-0.15, -0.1) is 0 Å². The molecule has 0 aromatic carbocycles. The summed E-state index contributed by atoms with van der Waals surface area (Å²) in [6, 6.07) is -5.41.